The van der Waals surface area contributed by atoms with E-state index < -0.39 is 0 Å². The third-order valence-electron chi connectivity index (χ3n) is 4.32. The molecule has 4 rings (SSSR count). The predicted molar refractivity (Wildman–Crippen MR) is 106 cm³/mol. The first-order valence-electron chi connectivity index (χ1n) is 8.67. The first-order chi connectivity index (χ1) is 13.2. The van der Waals surface area contributed by atoms with E-state index in [1.54, 1.807) is 13.4 Å². The average molecular weight is 377 g/mol. The van der Waals surface area contributed by atoms with Gasteiger partial charge in [0, 0.05) is 11.9 Å². The van der Waals surface area contributed by atoms with E-state index in [1.165, 1.54) is 17.3 Å². The third kappa shape index (κ3) is 3.26. The second-order valence-corrected chi connectivity index (χ2v) is 7.01. The number of aryl methyl sites for hydroxylation is 1. The van der Waals surface area contributed by atoms with Gasteiger partial charge in [0.2, 0.25) is 0 Å². The minimum Gasteiger partial charge on any atom is -0.496 e. The Hall–Kier alpha value is -2.93. The van der Waals surface area contributed by atoms with E-state index >= 15 is 0 Å². The van der Waals surface area contributed by atoms with Crippen molar-refractivity contribution < 1.29 is 4.74 Å². The van der Waals surface area contributed by atoms with E-state index in [1.807, 2.05) is 30.3 Å². The van der Waals surface area contributed by atoms with E-state index in [2.05, 4.69) is 50.7 Å². The molecular formula is C20H19N5OS. The minimum atomic E-state index is 0.741. The topological polar surface area (TPSA) is 65.7 Å². The van der Waals surface area contributed by atoms with Gasteiger partial charge in [0.1, 0.15) is 17.1 Å². The monoisotopic (exact) mass is 377 g/mol. The molecule has 2 heterocycles. The lowest BCUT2D eigenvalue weighted by atomic mass is 10.2. The molecule has 0 bridgehead atoms. The Bertz CT molecular complexity index is 1110. The van der Waals surface area contributed by atoms with Gasteiger partial charge in [-0.1, -0.05) is 23.8 Å². The van der Waals surface area contributed by atoms with Crippen LogP contribution in [0.4, 0.5) is 0 Å². The summed E-state index contributed by atoms with van der Waals surface area (Å²) in [5.74, 6) is 1.56. The summed E-state index contributed by atoms with van der Waals surface area (Å²) in [5.41, 5.74) is 3.01. The molecule has 0 amide bonds. The van der Waals surface area contributed by atoms with Crippen molar-refractivity contribution >= 4 is 22.7 Å². The lowest BCUT2D eigenvalue weighted by Crippen LogP contribution is -2.01. The van der Waals surface area contributed by atoms with Crippen molar-refractivity contribution in [3.63, 3.8) is 0 Å². The maximum Gasteiger partial charge on any atom is 0.197 e. The van der Waals surface area contributed by atoms with Gasteiger partial charge < -0.3 is 9.30 Å². The summed E-state index contributed by atoms with van der Waals surface area (Å²) in [6.45, 7) is 4.88. The van der Waals surface area contributed by atoms with Crippen LogP contribution in [-0.4, -0.2) is 31.8 Å². The van der Waals surface area contributed by atoms with Crippen LogP contribution in [-0.2, 0) is 6.54 Å². The molecular weight excluding hydrogens is 358 g/mol. The molecule has 0 unspecified atom stereocenters. The quantitative estimate of drug-likeness (QED) is 0.481. The van der Waals surface area contributed by atoms with E-state index in [-0.39, 0.29) is 0 Å². The van der Waals surface area contributed by atoms with Crippen LogP contribution in [0.2, 0.25) is 0 Å². The Kier molecular flexibility index (Phi) is 4.77. The van der Waals surface area contributed by atoms with Crippen molar-refractivity contribution in [1.82, 2.24) is 24.7 Å². The molecule has 0 aliphatic heterocycles. The number of ether oxygens (including phenoxy) is 1. The molecule has 0 atom stereocenters. The standard InChI is InChI=1S/C20H19N5OS/c1-4-25-18(14-7-5-6-8-17(14)26-3)23-24-20(25)27-19-15-11-13(2)9-10-16(15)21-12-22-19/h5-12H,4H2,1-3H3. The molecule has 0 N–H and O–H groups in total. The van der Waals surface area contributed by atoms with E-state index in [0.29, 0.717) is 0 Å². The van der Waals surface area contributed by atoms with Crippen LogP contribution < -0.4 is 4.74 Å². The van der Waals surface area contributed by atoms with Gasteiger partial charge in [-0.25, -0.2) is 9.97 Å². The molecule has 0 aliphatic carbocycles. The number of aromatic nitrogens is 5. The Morgan fingerprint density at radius 1 is 1.07 bits per heavy atom. The van der Waals surface area contributed by atoms with Gasteiger partial charge in [0.25, 0.3) is 0 Å². The van der Waals surface area contributed by atoms with Crippen molar-refractivity contribution in [3.05, 3.63) is 54.4 Å². The predicted octanol–water partition coefficient (Wildman–Crippen LogP) is 4.38. The van der Waals surface area contributed by atoms with Crippen LogP contribution >= 0.6 is 11.8 Å². The summed E-state index contributed by atoms with van der Waals surface area (Å²) in [6.07, 6.45) is 1.59. The van der Waals surface area contributed by atoms with Crippen LogP contribution in [0.1, 0.15) is 12.5 Å². The smallest absolute Gasteiger partial charge is 0.197 e. The van der Waals surface area contributed by atoms with Crippen molar-refractivity contribution in [1.29, 1.82) is 0 Å². The fourth-order valence-corrected chi connectivity index (χ4v) is 3.95. The summed E-state index contributed by atoms with van der Waals surface area (Å²) in [7, 11) is 1.66. The highest BCUT2D eigenvalue weighted by molar-refractivity contribution is 7.99. The molecule has 7 heteroatoms. The molecule has 4 aromatic rings. The zero-order chi connectivity index (χ0) is 18.8. The fraction of sp³-hybridized carbons (Fsp3) is 0.200. The fourth-order valence-electron chi connectivity index (χ4n) is 2.99. The van der Waals surface area contributed by atoms with Gasteiger partial charge in [0.05, 0.1) is 18.2 Å². The number of fused-ring (bicyclic) bond motifs is 1. The first kappa shape index (κ1) is 17.5. The van der Waals surface area contributed by atoms with E-state index in [4.69, 9.17) is 4.74 Å². The maximum atomic E-state index is 5.49. The van der Waals surface area contributed by atoms with Gasteiger partial charge in [-0.05, 0) is 49.9 Å². The number of rotatable bonds is 5. The van der Waals surface area contributed by atoms with Crippen LogP contribution in [0.3, 0.4) is 0 Å². The zero-order valence-electron chi connectivity index (χ0n) is 15.4. The first-order valence-corrected chi connectivity index (χ1v) is 9.48. The van der Waals surface area contributed by atoms with Crippen LogP contribution in [0.15, 0.2) is 59.0 Å². The summed E-state index contributed by atoms with van der Waals surface area (Å²) in [6, 6.07) is 14.0. The molecule has 2 aromatic heterocycles. The molecule has 27 heavy (non-hydrogen) atoms. The van der Waals surface area contributed by atoms with E-state index in [9.17, 15) is 0 Å². The molecule has 0 radical (unpaired) electrons. The number of nitrogens with zero attached hydrogens (tertiary/aromatic N) is 5. The lowest BCUT2D eigenvalue weighted by Gasteiger charge is -2.10. The Morgan fingerprint density at radius 2 is 1.93 bits per heavy atom. The van der Waals surface area contributed by atoms with Crippen molar-refractivity contribution in [2.24, 2.45) is 0 Å². The minimum absolute atomic E-state index is 0.741. The van der Waals surface area contributed by atoms with Gasteiger partial charge in [-0.3, -0.25) is 0 Å². The molecule has 0 aliphatic rings. The van der Waals surface area contributed by atoms with Crippen molar-refractivity contribution in [2.75, 3.05) is 7.11 Å². The average Bonchev–Trinajstić information content (AvgIpc) is 3.10. The largest absolute Gasteiger partial charge is 0.496 e. The number of benzene rings is 2. The Labute approximate surface area is 161 Å². The van der Waals surface area contributed by atoms with Gasteiger partial charge >= 0.3 is 0 Å². The van der Waals surface area contributed by atoms with Gasteiger partial charge in [0.15, 0.2) is 11.0 Å². The van der Waals surface area contributed by atoms with E-state index in [0.717, 1.165) is 44.8 Å². The Morgan fingerprint density at radius 3 is 2.74 bits per heavy atom. The second-order valence-electron chi connectivity index (χ2n) is 6.05. The number of hydrogen-bond donors (Lipinski definition) is 0. The Balaban J connectivity index is 1.79. The molecule has 6 nitrogen and oxygen atoms in total. The molecule has 0 saturated heterocycles. The zero-order valence-corrected chi connectivity index (χ0v) is 16.2. The molecule has 0 spiro atoms. The van der Waals surface area contributed by atoms with Gasteiger partial charge in [-0.2, -0.15) is 0 Å². The molecule has 136 valence electrons. The third-order valence-corrected chi connectivity index (χ3v) is 5.33. The summed E-state index contributed by atoms with van der Waals surface area (Å²) in [5, 5.41) is 11.5. The second kappa shape index (κ2) is 7.36. The summed E-state index contributed by atoms with van der Waals surface area (Å²) in [4.78, 5) is 8.84. The number of hydrogen-bond acceptors (Lipinski definition) is 6. The van der Waals surface area contributed by atoms with Crippen LogP contribution in [0.5, 0.6) is 5.75 Å². The highest BCUT2D eigenvalue weighted by atomic mass is 32.2. The van der Waals surface area contributed by atoms with Crippen molar-refractivity contribution in [2.45, 2.75) is 30.6 Å². The number of para-hydroxylation sites is 1. The highest BCUT2D eigenvalue weighted by Crippen LogP contribution is 2.34. The summed E-state index contributed by atoms with van der Waals surface area (Å²) < 4.78 is 7.56. The van der Waals surface area contributed by atoms with Gasteiger partial charge in [-0.15, -0.1) is 10.2 Å². The normalized spacial score (nSPS) is 11.1. The SMILES string of the molecule is CCn1c(Sc2ncnc3ccc(C)cc23)nnc1-c1ccccc1OC. The van der Waals surface area contributed by atoms with Crippen molar-refractivity contribution in [3.8, 4) is 17.1 Å². The maximum absolute atomic E-state index is 5.49. The molecule has 0 saturated carbocycles. The number of methoxy groups -OCH3 is 1. The highest BCUT2D eigenvalue weighted by Gasteiger charge is 2.18. The summed E-state index contributed by atoms with van der Waals surface area (Å²) >= 11 is 1.50. The molecule has 0 fully saturated rings. The molecule has 2 aromatic carbocycles. The van der Waals surface area contributed by atoms with Crippen LogP contribution in [0.25, 0.3) is 22.3 Å². The van der Waals surface area contributed by atoms with Crippen LogP contribution in [0, 0.1) is 6.92 Å². The lowest BCUT2D eigenvalue weighted by molar-refractivity contribution is 0.416.